The zero-order valence-electron chi connectivity index (χ0n) is 18.9. The van der Waals surface area contributed by atoms with E-state index >= 15 is 0 Å². The van der Waals surface area contributed by atoms with Crippen LogP contribution in [0.5, 0.6) is 0 Å². The van der Waals surface area contributed by atoms with Gasteiger partial charge in [0, 0.05) is 33.8 Å². The van der Waals surface area contributed by atoms with Gasteiger partial charge < -0.3 is 4.57 Å². The fourth-order valence-corrected chi connectivity index (χ4v) is 4.78. The molecule has 0 saturated carbocycles. The number of hydrogen-bond donors (Lipinski definition) is 0. The first-order valence-electron chi connectivity index (χ1n) is 11.5. The maximum atomic E-state index is 5.05. The maximum absolute atomic E-state index is 5.05. The van der Waals surface area contributed by atoms with Gasteiger partial charge >= 0.3 is 0 Å². The van der Waals surface area contributed by atoms with Crippen molar-refractivity contribution in [1.29, 1.82) is 0 Å². The average Bonchev–Trinajstić information content (AvgIpc) is 3.17. The van der Waals surface area contributed by atoms with Crippen molar-refractivity contribution in [1.82, 2.24) is 14.5 Å². The Morgan fingerprint density at radius 3 is 2.18 bits per heavy atom. The minimum absolute atomic E-state index is 0.505. The monoisotopic (exact) mass is 427 g/mol. The van der Waals surface area contributed by atoms with Crippen LogP contribution in [0.15, 0.2) is 97.1 Å². The molecule has 6 aromatic rings. The first-order chi connectivity index (χ1) is 16.2. The van der Waals surface area contributed by atoms with Crippen LogP contribution in [0.3, 0.4) is 0 Å². The van der Waals surface area contributed by atoms with Crippen LogP contribution in [-0.4, -0.2) is 14.5 Å². The maximum Gasteiger partial charge on any atom is 0.129 e. The highest BCUT2D eigenvalue weighted by Crippen LogP contribution is 2.36. The van der Waals surface area contributed by atoms with E-state index < -0.39 is 0 Å². The summed E-state index contributed by atoms with van der Waals surface area (Å²) in [4.78, 5) is 9.89. The van der Waals surface area contributed by atoms with Crippen molar-refractivity contribution < 1.29 is 0 Å². The second-order valence-corrected chi connectivity index (χ2v) is 9.02. The lowest BCUT2D eigenvalue weighted by Gasteiger charge is -2.11. The third kappa shape index (κ3) is 3.37. The van der Waals surface area contributed by atoms with Crippen LogP contribution in [0.4, 0.5) is 0 Å². The molecule has 0 fully saturated rings. The van der Waals surface area contributed by atoms with Gasteiger partial charge in [0.2, 0.25) is 0 Å². The van der Waals surface area contributed by atoms with Gasteiger partial charge in [0.15, 0.2) is 0 Å². The molecule has 0 aliphatic rings. The van der Waals surface area contributed by atoms with Crippen molar-refractivity contribution in [3.8, 4) is 16.9 Å². The summed E-state index contributed by atoms with van der Waals surface area (Å²) in [6, 6.07) is 34.3. The van der Waals surface area contributed by atoms with Gasteiger partial charge in [0.25, 0.3) is 0 Å². The predicted molar refractivity (Wildman–Crippen MR) is 138 cm³/mol. The predicted octanol–water partition coefficient (Wildman–Crippen LogP) is 7.59. The number of hydrogen-bond acceptors (Lipinski definition) is 2. The number of para-hydroxylation sites is 3. The first-order valence-corrected chi connectivity index (χ1v) is 11.5. The molecule has 3 nitrogen and oxygen atoms in total. The lowest BCUT2D eigenvalue weighted by atomic mass is 10.0. The minimum atomic E-state index is 0.505. The summed E-state index contributed by atoms with van der Waals surface area (Å²) < 4.78 is 2.34. The third-order valence-corrected chi connectivity index (χ3v) is 6.20. The van der Waals surface area contributed by atoms with Crippen LogP contribution in [-0.2, 0) is 6.42 Å². The van der Waals surface area contributed by atoms with Crippen LogP contribution < -0.4 is 0 Å². The van der Waals surface area contributed by atoms with Gasteiger partial charge in [-0.25, -0.2) is 9.97 Å². The van der Waals surface area contributed by atoms with Crippen molar-refractivity contribution >= 4 is 32.7 Å². The lowest BCUT2D eigenvalue weighted by molar-refractivity contribution is 0.623. The minimum Gasteiger partial charge on any atom is -0.309 e. The van der Waals surface area contributed by atoms with Crippen molar-refractivity contribution in [2.75, 3.05) is 0 Å². The SMILES string of the molecule is CC(C)Cc1nc(-c2ccc3c(c2)c2ccccc2n3-c2ccccc2)c2ccccc2n1. The van der Waals surface area contributed by atoms with Gasteiger partial charge in [-0.1, -0.05) is 74.5 Å². The highest BCUT2D eigenvalue weighted by Gasteiger charge is 2.15. The molecule has 0 atom stereocenters. The molecule has 0 spiro atoms. The highest BCUT2D eigenvalue weighted by atomic mass is 15.0. The molecular weight excluding hydrogens is 402 g/mol. The number of rotatable bonds is 4. The Hall–Kier alpha value is -3.98. The second-order valence-electron chi connectivity index (χ2n) is 9.02. The molecule has 6 rings (SSSR count). The van der Waals surface area contributed by atoms with E-state index in [0.29, 0.717) is 5.92 Å². The normalized spacial score (nSPS) is 11.7. The summed E-state index contributed by atoms with van der Waals surface area (Å²) in [5.41, 5.74) is 6.72. The van der Waals surface area contributed by atoms with Crippen molar-refractivity contribution in [2.45, 2.75) is 20.3 Å². The average molecular weight is 428 g/mol. The van der Waals surface area contributed by atoms with E-state index in [1.807, 2.05) is 0 Å². The molecule has 0 N–H and O–H groups in total. The van der Waals surface area contributed by atoms with Crippen LogP contribution in [0.1, 0.15) is 19.7 Å². The number of benzene rings is 4. The van der Waals surface area contributed by atoms with Crippen LogP contribution in [0.2, 0.25) is 0 Å². The molecule has 2 heterocycles. The quantitative estimate of drug-likeness (QED) is 0.290. The van der Waals surface area contributed by atoms with Crippen LogP contribution in [0, 0.1) is 5.92 Å². The topological polar surface area (TPSA) is 30.7 Å². The van der Waals surface area contributed by atoms with Gasteiger partial charge in [-0.2, -0.15) is 0 Å². The van der Waals surface area contributed by atoms with Gasteiger partial charge in [-0.15, -0.1) is 0 Å². The van der Waals surface area contributed by atoms with Gasteiger partial charge in [0.05, 0.1) is 22.2 Å². The van der Waals surface area contributed by atoms with E-state index in [4.69, 9.17) is 9.97 Å². The number of fused-ring (bicyclic) bond motifs is 4. The molecule has 0 amide bonds. The van der Waals surface area contributed by atoms with E-state index in [1.165, 1.54) is 27.5 Å². The zero-order chi connectivity index (χ0) is 22.4. The summed E-state index contributed by atoms with van der Waals surface area (Å²) in [6.07, 6.45) is 0.868. The molecule has 4 aromatic carbocycles. The lowest BCUT2D eigenvalue weighted by Crippen LogP contribution is -2.03. The fraction of sp³-hybridized carbons (Fsp3) is 0.133. The molecule has 0 bridgehead atoms. The zero-order valence-corrected chi connectivity index (χ0v) is 18.9. The molecule has 33 heavy (non-hydrogen) atoms. The Bertz CT molecular complexity index is 1610. The molecule has 0 saturated heterocycles. The molecule has 0 unspecified atom stereocenters. The summed E-state index contributed by atoms with van der Waals surface area (Å²) in [5.74, 6) is 1.41. The summed E-state index contributed by atoms with van der Waals surface area (Å²) in [5, 5.41) is 3.58. The standard InChI is InChI=1S/C30H25N3/c1-20(2)18-29-31-26-14-8-6-13-24(26)30(32-29)21-16-17-28-25(19-21)23-12-7-9-15-27(23)33(28)22-10-4-3-5-11-22/h3-17,19-20H,18H2,1-2H3. The molecular formula is C30H25N3. The Balaban J connectivity index is 1.63. The third-order valence-electron chi connectivity index (χ3n) is 6.20. The van der Waals surface area contributed by atoms with Crippen molar-refractivity contribution in [3.05, 3.63) is 103 Å². The first kappa shape index (κ1) is 19.7. The Morgan fingerprint density at radius 2 is 1.36 bits per heavy atom. The van der Waals surface area contributed by atoms with E-state index in [9.17, 15) is 0 Å². The van der Waals surface area contributed by atoms with Crippen molar-refractivity contribution in [2.24, 2.45) is 5.92 Å². The van der Waals surface area contributed by atoms with Crippen LogP contribution >= 0.6 is 0 Å². The Labute approximate surface area is 193 Å². The van der Waals surface area contributed by atoms with E-state index in [2.05, 4.69) is 115 Å². The Morgan fingerprint density at radius 1 is 0.667 bits per heavy atom. The van der Waals surface area contributed by atoms with Gasteiger partial charge in [0.1, 0.15) is 5.82 Å². The van der Waals surface area contributed by atoms with Gasteiger partial charge in [-0.05, 0) is 42.3 Å². The van der Waals surface area contributed by atoms with E-state index in [1.54, 1.807) is 0 Å². The molecule has 0 aliphatic carbocycles. The van der Waals surface area contributed by atoms with Crippen LogP contribution in [0.25, 0.3) is 49.7 Å². The molecule has 160 valence electrons. The largest absolute Gasteiger partial charge is 0.309 e. The summed E-state index contributed by atoms with van der Waals surface area (Å²) in [7, 11) is 0. The molecule has 0 radical (unpaired) electrons. The molecule has 2 aromatic heterocycles. The number of nitrogens with zero attached hydrogens (tertiary/aromatic N) is 3. The Kier molecular flexibility index (Phi) is 4.69. The van der Waals surface area contributed by atoms with E-state index in [-0.39, 0.29) is 0 Å². The molecule has 0 aliphatic heterocycles. The second kappa shape index (κ2) is 7.86. The fourth-order valence-electron chi connectivity index (χ4n) is 4.78. The van der Waals surface area contributed by atoms with Crippen molar-refractivity contribution in [3.63, 3.8) is 0 Å². The smallest absolute Gasteiger partial charge is 0.129 e. The highest BCUT2D eigenvalue weighted by molar-refractivity contribution is 6.11. The summed E-state index contributed by atoms with van der Waals surface area (Å²) >= 11 is 0. The van der Waals surface area contributed by atoms with E-state index in [0.717, 1.165) is 34.4 Å². The van der Waals surface area contributed by atoms with Gasteiger partial charge in [-0.3, -0.25) is 0 Å². The number of aromatic nitrogens is 3. The summed E-state index contributed by atoms with van der Waals surface area (Å²) in [6.45, 7) is 4.42. The molecule has 3 heteroatoms.